The van der Waals surface area contributed by atoms with Gasteiger partial charge in [0.2, 0.25) is 10.0 Å². The maximum Gasteiger partial charge on any atom is 0.229 e. The summed E-state index contributed by atoms with van der Waals surface area (Å²) in [6, 6.07) is 22.7. The first kappa shape index (κ1) is 23.0. The zero-order valence-electron chi connectivity index (χ0n) is 18.9. The molecule has 178 valence electrons. The normalized spacial score (nSPS) is 17.9. The molecule has 8 nitrogen and oxygen atoms in total. The van der Waals surface area contributed by atoms with Crippen molar-refractivity contribution in [3.63, 3.8) is 0 Å². The SMILES string of the molecule is CS(=O)(=O)Nc1ccc(N2C(=S)N[C@H](c3ccccn3)[C@@H]2c2cccn2Cc2ccccn2)cc1. The van der Waals surface area contributed by atoms with Crippen molar-refractivity contribution in [2.45, 2.75) is 18.6 Å². The molecule has 2 atom stereocenters. The Morgan fingerprint density at radius 2 is 1.71 bits per heavy atom. The van der Waals surface area contributed by atoms with Gasteiger partial charge in [0.25, 0.3) is 0 Å². The van der Waals surface area contributed by atoms with Gasteiger partial charge in [0.15, 0.2) is 5.11 Å². The molecule has 3 aromatic heterocycles. The van der Waals surface area contributed by atoms with Gasteiger partial charge in [0.05, 0.1) is 30.2 Å². The van der Waals surface area contributed by atoms with Gasteiger partial charge >= 0.3 is 0 Å². The molecule has 1 fully saturated rings. The minimum Gasteiger partial charge on any atom is -0.351 e. The lowest BCUT2D eigenvalue weighted by Gasteiger charge is -2.29. The van der Waals surface area contributed by atoms with Gasteiger partial charge in [-0.05, 0) is 72.9 Å². The first-order chi connectivity index (χ1) is 16.9. The molecular formula is C25H24N6O2S2. The molecule has 1 aliphatic rings. The lowest BCUT2D eigenvalue weighted by molar-refractivity contribution is 0.532. The van der Waals surface area contributed by atoms with Crippen LogP contribution in [0, 0.1) is 0 Å². The van der Waals surface area contributed by atoms with Crippen LogP contribution in [0.2, 0.25) is 0 Å². The first-order valence-corrected chi connectivity index (χ1v) is 13.3. The topological polar surface area (TPSA) is 92.2 Å². The fourth-order valence-corrected chi connectivity index (χ4v) is 5.25. The van der Waals surface area contributed by atoms with E-state index in [0.29, 0.717) is 17.3 Å². The average Bonchev–Trinajstić information content (AvgIpc) is 3.43. The number of thiocarbonyl (C=S) groups is 1. The second kappa shape index (κ2) is 9.47. The Hall–Kier alpha value is -3.76. The average molecular weight is 505 g/mol. The molecule has 35 heavy (non-hydrogen) atoms. The lowest BCUT2D eigenvalue weighted by Crippen LogP contribution is -2.30. The van der Waals surface area contributed by atoms with Gasteiger partial charge in [0.1, 0.15) is 6.04 Å². The van der Waals surface area contributed by atoms with Gasteiger partial charge in [-0.25, -0.2) is 8.42 Å². The highest BCUT2D eigenvalue weighted by atomic mass is 32.2. The Morgan fingerprint density at radius 1 is 0.971 bits per heavy atom. The van der Waals surface area contributed by atoms with E-state index in [2.05, 4.69) is 35.5 Å². The predicted molar refractivity (Wildman–Crippen MR) is 141 cm³/mol. The molecule has 10 heteroatoms. The second-order valence-corrected chi connectivity index (χ2v) is 10.4. The van der Waals surface area contributed by atoms with E-state index in [4.69, 9.17) is 12.2 Å². The van der Waals surface area contributed by atoms with Crippen LogP contribution in [0.15, 0.2) is 91.4 Å². The van der Waals surface area contributed by atoms with Gasteiger partial charge in [0, 0.05) is 35.7 Å². The second-order valence-electron chi connectivity index (χ2n) is 8.30. The standard InChI is InChI=1S/C25H24N6O2S2/c1-35(32,33)29-18-10-12-20(13-11-18)31-24(23(28-25(31)34)21-8-3-5-15-27-21)22-9-6-16-30(22)17-19-7-2-4-14-26-19/h2-16,23-24,29H,17H2,1H3,(H,28,34)/t23-,24+/m1/s1. The fraction of sp³-hybridized carbons (Fsp3) is 0.160. The summed E-state index contributed by atoms with van der Waals surface area (Å²) in [5.74, 6) is 0. The van der Waals surface area contributed by atoms with Crippen LogP contribution in [0.1, 0.15) is 29.2 Å². The van der Waals surface area contributed by atoms with Crippen LogP contribution in [0.5, 0.6) is 0 Å². The number of aromatic nitrogens is 3. The van der Waals surface area contributed by atoms with Gasteiger partial charge in [-0.2, -0.15) is 0 Å². The molecule has 1 saturated heterocycles. The highest BCUT2D eigenvalue weighted by molar-refractivity contribution is 7.92. The Labute approximate surface area is 209 Å². The van der Waals surface area contributed by atoms with Crippen molar-refractivity contribution in [1.82, 2.24) is 19.9 Å². The largest absolute Gasteiger partial charge is 0.351 e. The quantitative estimate of drug-likeness (QED) is 0.369. The van der Waals surface area contributed by atoms with Gasteiger partial charge < -0.3 is 14.8 Å². The van der Waals surface area contributed by atoms with Gasteiger partial charge in [-0.1, -0.05) is 12.1 Å². The summed E-state index contributed by atoms with van der Waals surface area (Å²) in [6.45, 7) is 0.617. The van der Waals surface area contributed by atoms with Crippen LogP contribution in [0.3, 0.4) is 0 Å². The molecule has 0 amide bonds. The first-order valence-electron chi connectivity index (χ1n) is 11.0. The molecule has 2 N–H and O–H groups in total. The number of rotatable bonds is 7. The summed E-state index contributed by atoms with van der Waals surface area (Å²) in [5, 5.41) is 4.02. The molecule has 0 unspecified atom stereocenters. The van der Waals surface area contributed by atoms with Crippen LogP contribution in [0.25, 0.3) is 0 Å². The van der Waals surface area contributed by atoms with Crippen molar-refractivity contribution in [3.8, 4) is 0 Å². The van der Waals surface area contributed by atoms with Crippen molar-refractivity contribution in [1.29, 1.82) is 0 Å². The van der Waals surface area contributed by atoms with E-state index in [1.807, 2.05) is 60.8 Å². The monoisotopic (exact) mass is 504 g/mol. The molecule has 0 bridgehead atoms. The smallest absolute Gasteiger partial charge is 0.229 e. The number of hydrogen-bond acceptors (Lipinski definition) is 5. The van der Waals surface area contributed by atoms with Gasteiger partial charge in [-0.3, -0.25) is 14.7 Å². The summed E-state index contributed by atoms with van der Waals surface area (Å²) in [7, 11) is -3.37. The fourth-order valence-electron chi connectivity index (χ4n) is 4.34. The third kappa shape index (κ3) is 5.03. The highest BCUT2D eigenvalue weighted by Crippen LogP contribution is 2.42. The molecule has 1 aliphatic heterocycles. The van der Waals surface area contributed by atoms with Crippen molar-refractivity contribution in [3.05, 3.63) is 108 Å². The molecule has 4 heterocycles. The molecule has 0 spiro atoms. The zero-order chi connectivity index (χ0) is 24.4. The van der Waals surface area contributed by atoms with Crippen LogP contribution in [-0.2, 0) is 16.6 Å². The summed E-state index contributed by atoms with van der Waals surface area (Å²) in [4.78, 5) is 11.1. The molecule has 5 rings (SSSR count). The predicted octanol–water partition coefficient (Wildman–Crippen LogP) is 3.88. The maximum absolute atomic E-state index is 11.6. The summed E-state index contributed by atoms with van der Waals surface area (Å²) in [6.07, 6.45) is 6.74. The lowest BCUT2D eigenvalue weighted by atomic mass is 10.0. The van der Waals surface area contributed by atoms with E-state index in [9.17, 15) is 8.42 Å². The number of pyridine rings is 2. The summed E-state index contributed by atoms with van der Waals surface area (Å²) >= 11 is 5.80. The molecule has 1 aromatic carbocycles. The van der Waals surface area contributed by atoms with Crippen molar-refractivity contribution >= 4 is 38.7 Å². The van der Waals surface area contributed by atoms with Crippen LogP contribution < -0.4 is 14.9 Å². The van der Waals surface area contributed by atoms with Crippen molar-refractivity contribution in [2.24, 2.45) is 0 Å². The number of sulfonamides is 1. The molecule has 0 saturated carbocycles. The minimum absolute atomic E-state index is 0.185. The Balaban J connectivity index is 1.55. The van der Waals surface area contributed by atoms with E-state index in [0.717, 1.165) is 29.0 Å². The van der Waals surface area contributed by atoms with E-state index in [-0.39, 0.29) is 12.1 Å². The van der Waals surface area contributed by atoms with Crippen LogP contribution >= 0.6 is 12.2 Å². The van der Waals surface area contributed by atoms with E-state index in [1.165, 1.54) is 0 Å². The van der Waals surface area contributed by atoms with Crippen LogP contribution in [0.4, 0.5) is 11.4 Å². The Morgan fingerprint density at radius 3 is 2.37 bits per heavy atom. The Kier molecular flexibility index (Phi) is 6.23. The number of nitrogens with one attached hydrogen (secondary N) is 2. The third-order valence-electron chi connectivity index (χ3n) is 5.77. The highest BCUT2D eigenvalue weighted by Gasteiger charge is 2.42. The van der Waals surface area contributed by atoms with Crippen molar-refractivity contribution in [2.75, 3.05) is 15.9 Å². The van der Waals surface area contributed by atoms with Crippen LogP contribution in [-0.4, -0.2) is 34.3 Å². The van der Waals surface area contributed by atoms with E-state index >= 15 is 0 Å². The van der Waals surface area contributed by atoms with Gasteiger partial charge in [-0.15, -0.1) is 0 Å². The molecule has 0 aliphatic carbocycles. The molecule has 4 aromatic rings. The third-order valence-corrected chi connectivity index (χ3v) is 6.69. The van der Waals surface area contributed by atoms with E-state index < -0.39 is 10.0 Å². The number of nitrogens with zero attached hydrogens (tertiary/aromatic N) is 4. The number of anilines is 2. The minimum atomic E-state index is -3.37. The van der Waals surface area contributed by atoms with Crippen molar-refractivity contribution < 1.29 is 8.42 Å². The summed E-state index contributed by atoms with van der Waals surface area (Å²) < 4.78 is 27.9. The number of benzene rings is 1. The molecule has 0 radical (unpaired) electrons. The summed E-state index contributed by atoms with van der Waals surface area (Å²) in [5.41, 5.74) is 4.22. The van der Waals surface area contributed by atoms with E-state index in [1.54, 1.807) is 24.5 Å². The maximum atomic E-state index is 11.6. The Bertz CT molecular complexity index is 1420. The molecular weight excluding hydrogens is 480 g/mol. The zero-order valence-corrected chi connectivity index (χ0v) is 20.6. The number of hydrogen-bond donors (Lipinski definition) is 2.